The average molecular weight is 392 g/mol. The van der Waals surface area contributed by atoms with E-state index in [1.54, 1.807) is 9.80 Å². The summed E-state index contributed by atoms with van der Waals surface area (Å²) in [5.74, 6) is -0.151. The summed E-state index contributed by atoms with van der Waals surface area (Å²) in [6, 6.07) is 9.07. The number of hydrogen-bond acceptors (Lipinski definition) is 4. The zero-order valence-electron chi connectivity index (χ0n) is 17.5. The van der Waals surface area contributed by atoms with Crippen molar-refractivity contribution in [1.82, 2.24) is 15.1 Å². The first-order chi connectivity index (χ1) is 13.3. The van der Waals surface area contributed by atoms with Gasteiger partial charge in [-0.2, -0.15) is 0 Å². The molecule has 7 heteroatoms. The number of likely N-dealkylation sites (tertiary alicyclic amines) is 1. The minimum absolute atomic E-state index is 0.00250. The van der Waals surface area contributed by atoms with Crippen molar-refractivity contribution in [3.63, 3.8) is 0 Å². The third-order valence-electron chi connectivity index (χ3n) is 5.16. The molecule has 7 nitrogen and oxygen atoms in total. The Morgan fingerprint density at radius 2 is 1.82 bits per heavy atom. The van der Waals surface area contributed by atoms with Crippen LogP contribution < -0.4 is 5.32 Å². The second kappa shape index (κ2) is 9.89. The van der Waals surface area contributed by atoms with Gasteiger partial charge in [0.2, 0.25) is 5.91 Å². The van der Waals surface area contributed by atoms with Crippen LogP contribution in [0, 0.1) is 0 Å². The second-order valence-corrected chi connectivity index (χ2v) is 7.84. The Balaban J connectivity index is 2.33. The summed E-state index contributed by atoms with van der Waals surface area (Å²) in [6.45, 7) is 7.96. The highest BCUT2D eigenvalue weighted by atomic mass is 16.5. The first kappa shape index (κ1) is 22.2. The van der Waals surface area contributed by atoms with Gasteiger partial charge in [0.25, 0.3) is 0 Å². The number of aliphatic hydroxyl groups excluding tert-OH is 1. The van der Waals surface area contributed by atoms with Crippen molar-refractivity contribution in [2.75, 3.05) is 26.9 Å². The molecule has 1 fully saturated rings. The molecule has 0 bridgehead atoms. The summed E-state index contributed by atoms with van der Waals surface area (Å²) in [4.78, 5) is 28.8. The molecule has 0 spiro atoms. The minimum Gasteiger partial charge on any atom is -0.394 e. The molecule has 1 aliphatic heterocycles. The highest BCUT2D eigenvalue weighted by Gasteiger charge is 2.52. The van der Waals surface area contributed by atoms with E-state index in [1.165, 1.54) is 7.11 Å². The van der Waals surface area contributed by atoms with Crippen LogP contribution in [0.15, 0.2) is 30.3 Å². The number of methoxy groups -OCH3 is 1. The Morgan fingerprint density at radius 3 is 2.32 bits per heavy atom. The number of rotatable bonds is 8. The van der Waals surface area contributed by atoms with E-state index in [4.69, 9.17) is 4.74 Å². The van der Waals surface area contributed by atoms with Gasteiger partial charge < -0.3 is 25.0 Å². The molecule has 1 aromatic carbocycles. The van der Waals surface area contributed by atoms with Gasteiger partial charge in [-0.1, -0.05) is 30.3 Å². The molecule has 2 rings (SSSR count). The maximum absolute atomic E-state index is 12.8. The Kier molecular flexibility index (Phi) is 7.83. The van der Waals surface area contributed by atoms with Gasteiger partial charge in [0.05, 0.1) is 18.7 Å². The molecule has 1 aliphatic rings. The van der Waals surface area contributed by atoms with Crippen LogP contribution in [0.1, 0.15) is 39.2 Å². The molecule has 0 saturated carbocycles. The van der Waals surface area contributed by atoms with Crippen LogP contribution in [0.2, 0.25) is 0 Å². The number of nitrogens with zero attached hydrogens (tertiary/aromatic N) is 2. The van der Waals surface area contributed by atoms with Crippen LogP contribution in [0.5, 0.6) is 0 Å². The van der Waals surface area contributed by atoms with E-state index < -0.39 is 0 Å². The molecule has 1 aromatic rings. The fourth-order valence-electron chi connectivity index (χ4n) is 3.90. The SMILES string of the molecule is COCC(=O)N(C[C@H]1[C@H](c2ccccc2)[C@H](CO)N1C(=O)NC(C)C)C(C)C. The van der Waals surface area contributed by atoms with E-state index in [2.05, 4.69) is 5.32 Å². The van der Waals surface area contributed by atoms with Gasteiger partial charge in [-0.25, -0.2) is 4.79 Å². The first-order valence-corrected chi connectivity index (χ1v) is 9.84. The molecule has 156 valence electrons. The molecule has 1 heterocycles. The number of ether oxygens (including phenoxy) is 1. The lowest BCUT2D eigenvalue weighted by molar-refractivity contribution is -0.139. The van der Waals surface area contributed by atoms with Gasteiger partial charge in [0.1, 0.15) is 6.61 Å². The van der Waals surface area contributed by atoms with E-state index in [1.807, 2.05) is 58.0 Å². The lowest BCUT2D eigenvalue weighted by atomic mass is 9.75. The molecule has 2 N–H and O–H groups in total. The van der Waals surface area contributed by atoms with Crippen LogP contribution in [0.25, 0.3) is 0 Å². The summed E-state index contributed by atoms with van der Waals surface area (Å²) >= 11 is 0. The van der Waals surface area contributed by atoms with Crippen LogP contribution in [-0.4, -0.2) is 77.9 Å². The van der Waals surface area contributed by atoms with E-state index in [-0.39, 0.29) is 55.2 Å². The Morgan fingerprint density at radius 1 is 1.18 bits per heavy atom. The van der Waals surface area contributed by atoms with E-state index in [0.717, 1.165) is 5.56 Å². The summed E-state index contributed by atoms with van der Waals surface area (Å²) in [5.41, 5.74) is 1.06. The predicted octanol–water partition coefficient (Wildman–Crippen LogP) is 1.82. The third-order valence-corrected chi connectivity index (χ3v) is 5.16. The molecule has 0 aliphatic carbocycles. The molecule has 28 heavy (non-hydrogen) atoms. The predicted molar refractivity (Wildman–Crippen MR) is 108 cm³/mol. The monoisotopic (exact) mass is 391 g/mol. The first-order valence-electron chi connectivity index (χ1n) is 9.84. The molecular weight excluding hydrogens is 358 g/mol. The highest BCUT2D eigenvalue weighted by molar-refractivity contribution is 5.79. The van der Waals surface area contributed by atoms with Gasteiger partial charge in [-0.15, -0.1) is 0 Å². The normalized spacial score (nSPS) is 21.6. The highest BCUT2D eigenvalue weighted by Crippen LogP contribution is 2.41. The molecule has 1 saturated heterocycles. The topological polar surface area (TPSA) is 82.1 Å². The Labute approximate surface area is 167 Å². The zero-order valence-corrected chi connectivity index (χ0v) is 17.5. The van der Waals surface area contributed by atoms with Crippen LogP contribution in [0.4, 0.5) is 4.79 Å². The molecule has 3 amide bonds. The fourth-order valence-corrected chi connectivity index (χ4v) is 3.90. The van der Waals surface area contributed by atoms with Crippen LogP contribution >= 0.6 is 0 Å². The van der Waals surface area contributed by atoms with E-state index in [9.17, 15) is 14.7 Å². The number of benzene rings is 1. The second-order valence-electron chi connectivity index (χ2n) is 7.84. The van der Waals surface area contributed by atoms with Crippen molar-refractivity contribution in [2.45, 2.75) is 57.8 Å². The van der Waals surface area contributed by atoms with Crippen molar-refractivity contribution >= 4 is 11.9 Å². The summed E-state index contributed by atoms with van der Waals surface area (Å²) in [7, 11) is 1.50. The van der Waals surface area contributed by atoms with Gasteiger partial charge in [-0.05, 0) is 33.3 Å². The maximum Gasteiger partial charge on any atom is 0.318 e. The average Bonchev–Trinajstić information content (AvgIpc) is 2.61. The van der Waals surface area contributed by atoms with Crippen LogP contribution in [0.3, 0.4) is 0 Å². The minimum atomic E-state index is -0.322. The smallest absolute Gasteiger partial charge is 0.318 e. The van der Waals surface area contributed by atoms with Gasteiger partial charge in [0.15, 0.2) is 0 Å². The largest absolute Gasteiger partial charge is 0.394 e. The number of carbonyl (C=O) groups excluding carboxylic acids is 2. The van der Waals surface area contributed by atoms with E-state index in [0.29, 0.717) is 6.54 Å². The third kappa shape index (κ3) is 4.83. The molecule has 0 radical (unpaired) electrons. The van der Waals surface area contributed by atoms with Gasteiger partial charge in [-0.3, -0.25) is 4.79 Å². The summed E-state index contributed by atoms with van der Waals surface area (Å²) in [6.07, 6.45) is 0. The molecule has 0 unspecified atom stereocenters. The van der Waals surface area contributed by atoms with E-state index >= 15 is 0 Å². The molecule has 0 aromatic heterocycles. The number of urea groups is 1. The van der Waals surface area contributed by atoms with Crippen LogP contribution in [-0.2, 0) is 9.53 Å². The number of aliphatic hydroxyl groups is 1. The van der Waals surface area contributed by atoms with Crippen molar-refractivity contribution in [2.24, 2.45) is 0 Å². The lowest BCUT2D eigenvalue weighted by Gasteiger charge is -2.56. The van der Waals surface area contributed by atoms with Gasteiger partial charge >= 0.3 is 6.03 Å². The van der Waals surface area contributed by atoms with Crippen molar-refractivity contribution in [3.05, 3.63) is 35.9 Å². The number of carbonyl (C=O) groups is 2. The van der Waals surface area contributed by atoms with Crippen molar-refractivity contribution in [3.8, 4) is 0 Å². The summed E-state index contributed by atoms with van der Waals surface area (Å²) in [5, 5.41) is 12.9. The quantitative estimate of drug-likeness (QED) is 0.708. The Bertz CT molecular complexity index is 650. The zero-order chi connectivity index (χ0) is 20.8. The van der Waals surface area contributed by atoms with Crippen molar-refractivity contribution < 1.29 is 19.4 Å². The fraction of sp³-hybridized carbons (Fsp3) is 0.619. The van der Waals surface area contributed by atoms with Crippen molar-refractivity contribution in [1.29, 1.82) is 0 Å². The standard InChI is InChI=1S/C21H33N3O4/c1-14(2)22-21(27)24-17(11-23(15(3)4)19(26)13-28-5)20(18(24)12-25)16-9-7-6-8-10-16/h6-10,14-15,17-18,20,25H,11-13H2,1-5H3,(H,22,27)/t17-,18-,20-/m0/s1. The number of amides is 3. The molecular formula is C21H33N3O4. The molecule has 3 atom stereocenters. The number of nitrogens with one attached hydrogen (secondary N) is 1. The number of hydrogen-bond donors (Lipinski definition) is 2. The summed E-state index contributed by atoms with van der Waals surface area (Å²) < 4.78 is 5.02. The van der Waals surface area contributed by atoms with Gasteiger partial charge in [0, 0.05) is 31.7 Å². The maximum atomic E-state index is 12.8. The lowest BCUT2D eigenvalue weighted by Crippen LogP contribution is -2.71. The Hall–Kier alpha value is -2.12.